The maximum absolute atomic E-state index is 9.02. The smallest absolute Gasteiger partial charge is 0.143 e. The molecule has 1 unspecified atom stereocenters. The van der Waals surface area contributed by atoms with E-state index in [-0.39, 0.29) is 0 Å². The van der Waals surface area contributed by atoms with E-state index < -0.39 is 0 Å². The topological polar surface area (TPSA) is 48.8 Å². The summed E-state index contributed by atoms with van der Waals surface area (Å²) >= 11 is 0. The summed E-state index contributed by atoms with van der Waals surface area (Å²) < 4.78 is 5.48. The molecule has 19 heavy (non-hydrogen) atoms. The molecule has 98 valence electrons. The third-order valence-corrected chi connectivity index (χ3v) is 4.08. The number of hydrogen-bond acceptors (Lipinski definition) is 2. The van der Waals surface area contributed by atoms with Crippen molar-refractivity contribution in [3.8, 4) is 11.8 Å². The van der Waals surface area contributed by atoms with Crippen molar-refractivity contribution < 1.29 is 4.74 Å². The maximum Gasteiger partial charge on any atom is 0.143 e. The van der Waals surface area contributed by atoms with Gasteiger partial charge in [0.2, 0.25) is 0 Å². The van der Waals surface area contributed by atoms with Crippen LogP contribution in [0.1, 0.15) is 42.0 Å². The molecule has 2 aromatic rings. The molecule has 1 aromatic heterocycles. The first-order valence-corrected chi connectivity index (χ1v) is 6.80. The Morgan fingerprint density at radius 1 is 1.47 bits per heavy atom. The van der Waals surface area contributed by atoms with E-state index in [2.05, 4.69) is 30.1 Å². The Bertz CT molecular complexity index is 663. The minimum Gasteiger partial charge on any atom is -0.495 e. The molecule has 1 heterocycles. The average molecular weight is 254 g/mol. The lowest BCUT2D eigenvalue weighted by molar-refractivity contribution is 0.418. The molecular weight excluding hydrogens is 236 g/mol. The molecule has 3 rings (SSSR count). The Balaban J connectivity index is 2.26. The molecule has 1 N–H and O–H groups in total. The van der Waals surface area contributed by atoms with Crippen LogP contribution < -0.4 is 4.74 Å². The summed E-state index contributed by atoms with van der Waals surface area (Å²) in [6.07, 6.45) is 3.96. The van der Waals surface area contributed by atoms with Crippen molar-refractivity contribution in [3.63, 3.8) is 0 Å². The zero-order valence-corrected chi connectivity index (χ0v) is 11.4. The molecule has 0 saturated carbocycles. The van der Waals surface area contributed by atoms with Gasteiger partial charge in [-0.3, -0.25) is 0 Å². The Morgan fingerprint density at radius 2 is 2.32 bits per heavy atom. The van der Waals surface area contributed by atoms with E-state index in [9.17, 15) is 0 Å². The molecule has 0 saturated heterocycles. The lowest BCUT2D eigenvalue weighted by Crippen LogP contribution is -2.08. The molecule has 0 aliphatic heterocycles. The van der Waals surface area contributed by atoms with E-state index in [0.29, 0.717) is 12.3 Å². The zero-order chi connectivity index (χ0) is 13.4. The van der Waals surface area contributed by atoms with Gasteiger partial charge in [-0.05, 0) is 55.4 Å². The number of hydrogen-bond donors (Lipinski definition) is 1. The predicted molar refractivity (Wildman–Crippen MR) is 75.5 cm³/mol. The van der Waals surface area contributed by atoms with Crippen molar-refractivity contribution >= 4 is 10.9 Å². The second-order valence-corrected chi connectivity index (χ2v) is 5.36. The molecular formula is C16H18N2O. The first kappa shape index (κ1) is 12.1. The van der Waals surface area contributed by atoms with Gasteiger partial charge in [-0.2, -0.15) is 5.26 Å². The van der Waals surface area contributed by atoms with E-state index in [0.717, 1.165) is 30.5 Å². The molecule has 0 spiro atoms. The number of nitriles is 1. The standard InChI is InChI=1S/C16H18N2O/c1-10-8-12-15-11(6-7-17)4-3-5-13(15)18-16(12)14(9-10)19-2/h8-9,11,18H,3-6H2,1-2H3. The summed E-state index contributed by atoms with van der Waals surface area (Å²) in [5.74, 6) is 1.27. The van der Waals surface area contributed by atoms with Crippen molar-refractivity contribution in [2.75, 3.05) is 7.11 Å². The van der Waals surface area contributed by atoms with Crippen LogP contribution in [0.2, 0.25) is 0 Å². The number of rotatable bonds is 2. The summed E-state index contributed by atoms with van der Waals surface area (Å²) in [7, 11) is 1.71. The third-order valence-electron chi connectivity index (χ3n) is 4.08. The van der Waals surface area contributed by atoms with Crippen LogP contribution in [0, 0.1) is 18.3 Å². The number of fused-ring (bicyclic) bond motifs is 3. The van der Waals surface area contributed by atoms with Crippen molar-refractivity contribution in [3.05, 3.63) is 29.0 Å². The van der Waals surface area contributed by atoms with Gasteiger partial charge in [0.1, 0.15) is 5.75 Å². The highest BCUT2D eigenvalue weighted by Crippen LogP contribution is 2.41. The first-order chi connectivity index (χ1) is 9.24. The summed E-state index contributed by atoms with van der Waals surface area (Å²) in [6.45, 7) is 2.09. The highest BCUT2D eigenvalue weighted by atomic mass is 16.5. The van der Waals surface area contributed by atoms with Gasteiger partial charge >= 0.3 is 0 Å². The van der Waals surface area contributed by atoms with E-state index >= 15 is 0 Å². The number of benzene rings is 1. The molecule has 0 amide bonds. The Morgan fingerprint density at radius 3 is 3.05 bits per heavy atom. The summed E-state index contributed by atoms with van der Waals surface area (Å²) in [6, 6.07) is 6.60. The van der Waals surface area contributed by atoms with E-state index in [4.69, 9.17) is 10.00 Å². The van der Waals surface area contributed by atoms with E-state index in [1.807, 2.05) is 0 Å². The average Bonchev–Trinajstić information content (AvgIpc) is 2.77. The molecule has 0 bridgehead atoms. The molecule has 3 nitrogen and oxygen atoms in total. The molecule has 1 aromatic carbocycles. The van der Waals surface area contributed by atoms with Crippen LogP contribution in [0.3, 0.4) is 0 Å². The molecule has 0 fully saturated rings. The van der Waals surface area contributed by atoms with Crippen molar-refractivity contribution in [2.45, 2.75) is 38.5 Å². The fourth-order valence-electron chi connectivity index (χ4n) is 3.28. The van der Waals surface area contributed by atoms with Crippen molar-refractivity contribution in [2.24, 2.45) is 0 Å². The second-order valence-electron chi connectivity index (χ2n) is 5.36. The van der Waals surface area contributed by atoms with Gasteiger partial charge in [0.05, 0.1) is 18.7 Å². The first-order valence-electron chi connectivity index (χ1n) is 6.80. The van der Waals surface area contributed by atoms with Crippen LogP contribution in [0.4, 0.5) is 0 Å². The largest absolute Gasteiger partial charge is 0.495 e. The fraction of sp³-hybridized carbons (Fsp3) is 0.438. The zero-order valence-electron chi connectivity index (χ0n) is 11.4. The Labute approximate surface area is 113 Å². The number of nitrogens with one attached hydrogen (secondary N) is 1. The summed E-state index contributed by atoms with van der Waals surface area (Å²) in [5.41, 5.74) is 4.94. The van der Waals surface area contributed by atoms with Crippen LogP contribution in [-0.4, -0.2) is 12.1 Å². The highest BCUT2D eigenvalue weighted by Gasteiger charge is 2.25. The normalized spacial score (nSPS) is 18.1. The number of nitrogens with zero attached hydrogens (tertiary/aromatic N) is 1. The lowest BCUT2D eigenvalue weighted by atomic mass is 9.83. The third kappa shape index (κ3) is 1.88. The van der Waals surface area contributed by atoms with Gasteiger partial charge in [-0.1, -0.05) is 0 Å². The molecule has 0 radical (unpaired) electrons. The quantitative estimate of drug-likeness (QED) is 0.885. The lowest BCUT2D eigenvalue weighted by Gasteiger charge is -2.20. The predicted octanol–water partition coefficient (Wildman–Crippen LogP) is 3.82. The number of methoxy groups -OCH3 is 1. The van der Waals surface area contributed by atoms with Gasteiger partial charge in [0.15, 0.2) is 0 Å². The fourth-order valence-corrected chi connectivity index (χ4v) is 3.28. The molecule has 1 aliphatic carbocycles. The van der Waals surface area contributed by atoms with E-state index in [1.165, 1.54) is 22.2 Å². The number of ether oxygens (including phenoxy) is 1. The SMILES string of the molecule is COc1cc(C)cc2c3c([nH]c12)CCCC3CC#N. The minimum absolute atomic E-state index is 0.369. The number of aryl methyl sites for hydroxylation is 2. The second kappa shape index (κ2) is 4.62. The summed E-state index contributed by atoms with van der Waals surface area (Å²) in [4.78, 5) is 3.52. The van der Waals surface area contributed by atoms with Gasteiger partial charge in [-0.25, -0.2) is 0 Å². The van der Waals surface area contributed by atoms with Gasteiger partial charge in [0, 0.05) is 17.5 Å². The van der Waals surface area contributed by atoms with Gasteiger partial charge in [-0.15, -0.1) is 0 Å². The van der Waals surface area contributed by atoms with Crippen LogP contribution >= 0.6 is 0 Å². The highest BCUT2D eigenvalue weighted by molar-refractivity contribution is 5.91. The Kier molecular flexibility index (Phi) is 2.94. The number of aromatic nitrogens is 1. The van der Waals surface area contributed by atoms with Gasteiger partial charge in [0.25, 0.3) is 0 Å². The Hall–Kier alpha value is -1.95. The molecule has 1 aliphatic rings. The monoisotopic (exact) mass is 254 g/mol. The molecule has 3 heteroatoms. The number of aromatic amines is 1. The summed E-state index contributed by atoms with van der Waals surface area (Å²) in [5, 5.41) is 10.3. The van der Waals surface area contributed by atoms with Crippen molar-refractivity contribution in [1.29, 1.82) is 5.26 Å². The van der Waals surface area contributed by atoms with Crippen molar-refractivity contribution in [1.82, 2.24) is 4.98 Å². The van der Waals surface area contributed by atoms with Crippen LogP contribution in [-0.2, 0) is 6.42 Å². The van der Waals surface area contributed by atoms with Crippen LogP contribution in [0.15, 0.2) is 12.1 Å². The minimum atomic E-state index is 0.369. The van der Waals surface area contributed by atoms with Crippen LogP contribution in [0.5, 0.6) is 5.75 Å². The van der Waals surface area contributed by atoms with Gasteiger partial charge < -0.3 is 9.72 Å². The number of H-pyrrole nitrogens is 1. The molecule has 1 atom stereocenters. The maximum atomic E-state index is 9.02. The van der Waals surface area contributed by atoms with Crippen LogP contribution in [0.25, 0.3) is 10.9 Å². The van der Waals surface area contributed by atoms with E-state index in [1.54, 1.807) is 7.11 Å².